The molecular weight excluding hydrogens is 290 g/mol. The van der Waals surface area contributed by atoms with Crippen LogP contribution in [0.3, 0.4) is 0 Å². The first-order chi connectivity index (χ1) is 10.2. The SMILES string of the molecule is COc1ccc(CCNC(=O)/C(C#N)=C\NCCCl)cc1. The van der Waals surface area contributed by atoms with Crippen LogP contribution < -0.4 is 15.4 Å². The number of hydrogen-bond acceptors (Lipinski definition) is 4. The molecule has 21 heavy (non-hydrogen) atoms. The molecule has 0 aliphatic carbocycles. The van der Waals surface area contributed by atoms with E-state index in [9.17, 15) is 4.79 Å². The number of carbonyl (C=O) groups is 1. The van der Waals surface area contributed by atoms with Crippen molar-refractivity contribution in [3.63, 3.8) is 0 Å². The quantitative estimate of drug-likeness (QED) is 0.331. The van der Waals surface area contributed by atoms with Crippen molar-refractivity contribution in [1.29, 1.82) is 5.26 Å². The molecule has 1 rings (SSSR count). The summed E-state index contributed by atoms with van der Waals surface area (Å²) in [6.07, 6.45) is 2.06. The first-order valence-electron chi connectivity index (χ1n) is 6.52. The van der Waals surface area contributed by atoms with Gasteiger partial charge >= 0.3 is 0 Å². The van der Waals surface area contributed by atoms with E-state index >= 15 is 0 Å². The highest BCUT2D eigenvalue weighted by Crippen LogP contribution is 2.11. The van der Waals surface area contributed by atoms with E-state index in [-0.39, 0.29) is 5.57 Å². The maximum Gasteiger partial charge on any atom is 0.263 e. The van der Waals surface area contributed by atoms with Crippen molar-refractivity contribution in [2.24, 2.45) is 0 Å². The number of nitrogens with one attached hydrogen (secondary N) is 2. The van der Waals surface area contributed by atoms with Gasteiger partial charge in [0.25, 0.3) is 5.91 Å². The number of halogens is 1. The monoisotopic (exact) mass is 307 g/mol. The van der Waals surface area contributed by atoms with E-state index in [2.05, 4.69) is 10.6 Å². The highest BCUT2D eigenvalue weighted by Gasteiger charge is 2.07. The van der Waals surface area contributed by atoms with Crippen LogP contribution in [0, 0.1) is 11.3 Å². The number of carbonyl (C=O) groups excluding carboxylic acids is 1. The predicted molar refractivity (Wildman–Crippen MR) is 82.1 cm³/mol. The number of benzene rings is 1. The molecule has 1 aromatic rings. The molecule has 112 valence electrons. The Morgan fingerprint density at radius 2 is 2.10 bits per heavy atom. The molecule has 0 aromatic heterocycles. The molecule has 6 heteroatoms. The van der Waals surface area contributed by atoms with Crippen LogP contribution in [0.5, 0.6) is 5.75 Å². The Balaban J connectivity index is 2.41. The molecule has 1 amide bonds. The lowest BCUT2D eigenvalue weighted by atomic mass is 10.1. The zero-order chi connectivity index (χ0) is 15.5. The Kier molecular flexibility index (Phi) is 7.77. The van der Waals surface area contributed by atoms with Crippen molar-refractivity contribution in [2.75, 3.05) is 26.1 Å². The third-order valence-electron chi connectivity index (χ3n) is 2.71. The summed E-state index contributed by atoms with van der Waals surface area (Å²) in [5.74, 6) is 0.810. The average Bonchev–Trinajstić information content (AvgIpc) is 2.52. The first kappa shape index (κ1) is 16.9. The molecular formula is C15H18ClN3O2. The van der Waals surface area contributed by atoms with Gasteiger partial charge in [0.2, 0.25) is 0 Å². The van der Waals surface area contributed by atoms with Crippen LogP contribution >= 0.6 is 11.6 Å². The van der Waals surface area contributed by atoms with E-state index in [0.717, 1.165) is 11.3 Å². The van der Waals surface area contributed by atoms with Gasteiger partial charge in [-0.25, -0.2) is 0 Å². The fourth-order valence-corrected chi connectivity index (χ4v) is 1.69. The molecule has 0 aliphatic rings. The van der Waals surface area contributed by atoms with Crippen LogP contribution in [0.2, 0.25) is 0 Å². The van der Waals surface area contributed by atoms with Gasteiger partial charge in [-0.15, -0.1) is 11.6 Å². The normalized spacial score (nSPS) is 10.6. The van der Waals surface area contributed by atoms with Crippen LogP contribution in [0.1, 0.15) is 5.56 Å². The lowest BCUT2D eigenvalue weighted by Crippen LogP contribution is -2.27. The Bertz CT molecular complexity index is 521. The van der Waals surface area contributed by atoms with Crippen molar-refractivity contribution in [3.05, 3.63) is 41.6 Å². The molecule has 0 heterocycles. The van der Waals surface area contributed by atoms with E-state index in [1.165, 1.54) is 6.20 Å². The van der Waals surface area contributed by atoms with E-state index in [4.69, 9.17) is 21.6 Å². The number of nitriles is 1. The second-order valence-corrected chi connectivity index (χ2v) is 4.54. The van der Waals surface area contributed by atoms with Gasteiger partial charge in [0.15, 0.2) is 0 Å². The third-order valence-corrected chi connectivity index (χ3v) is 2.90. The van der Waals surface area contributed by atoms with Crippen LogP contribution in [-0.2, 0) is 11.2 Å². The Morgan fingerprint density at radius 1 is 1.38 bits per heavy atom. The van der Waals surface area contributed by atoms with E-state index in [0.29, 0.717) is 25.4 Å². The lowest BCUT2D eigenvalue weighted by Gasteiger charge is -2.06. The van der Waals surface area contributed by atoms with Crippen molar-refractivity contribution < 1.29 is 9.53 Å². The van der Waals surface area contributed by atoms with Crippen LogP contribution in [0.4, 0.5) is 0 Å². The van der Waals surface area contributed by atoms with Gasteiger partial charge in [0.05, 0.1) is 7.11 Å². The number of amides is 1. The summed E-state index contributed by atoms with van der Waals surface area (Å²) >= 11 is 5.50. The van der Waals surface area contributed by atoms with Gasteiger partial charge in [0.1, 0.15) is 17.4 Å². The van der Waals surface area contributed by atoms with Gasteiger partial charge in [-0.1, -0.05) is 12.1 Å². The number of ether oxygens (including phenoxy) is 1. The van der Waals surface area contributed by atoms with Gasteiger partial charge in [-0.2, -0.15) is 5.26 Å². The molecule has 0 unspecified atom stereocenters. The number of hydrogen-bond donors (Lipinski definition) is 2. The van der Waals surface area contributed by atoms with Crippen molar-refractivity contribution in [2.45, 2.75) is 6.42 Å². The van der Waals surface area contributed by atoms with Gasteiger partial charge < -0.3 is 15.4 Å². The zero-order valence-electron chi connectivity index (χ0n) is 11.9. The van der Waals surface area contributed by atoms with Crippen molar-refractivity contribution in [1.82, 2.24) is 10.6 Å². The summed E-state index contributed by atoms with van der Waals surface area (Å²) in [4.78, 5) is 11.8. The summed E-state index contributed by atoms with van der Waals surface area (Å²) in [5.41, 5.74) is 1.12. The van der Waals surface area contributed by atoms with E-state index in [1.807, 2.05) is 30.3 Å². The summed E-state index contributed by atoms with van der Waals surface area (Å²) in [6.45, 7) is 0.964. The van der Waals surface area contributed by atoms with Crippen LogP contribution in [0.25, 0.3) is 0 Å². The summed E-state index contributed by atoms with van der Waals surface area (Å²) in [6, 6.07) is 9.47. The molecule has 0 atom stereocenters. The Hall–Kier alpha value is -2.19. The lowest BCUT2D eigenvalue weighted by molar-refractivity contribution is -0.117. The predicted octanol–water partition coefficient (Wildman–Crippen LogP) is 1.59. The minimum atomic E-state index is -0.395. The molecule has 0 fully saturated rings. The van der Waals surface area contributed by atoms with Gasteiger partial charge in [-0.3, -0.25) is 4.79 Å². The largest absolute Gasteiger partial charge is 0.497 e. The van der Waals surface area contributed by atoms with Gasteiger partial charge in [0, 0.05) is 25.2 Å². The molecule has 0 aliphatic heterocycles. The summed E-state index contributed by atoms with van der Waals surface area (Å²) < 4.78 is 5.08. The first-order valence-corrected chi connectivity index (χ1v) is 7.05. The maximum absolute atomic E-state index is 11.8. The standard InChI is InChI=1S/C15H18ClN3O2/c1-21-14-4-2-12(3-5-14)6-8-19-15(20)13(10-17)11-18-9-7-16/h2-5,11,18H,6-9H2,1H3,(H,19,20)/b13-11-. The molecule has 0 saturated heterocycles. The summed E-state index contributed by atoms with van der Waals surface area (Å²) in [5, 5.41) is 14.4. The minimum Gasteiger partial charge on any atom is -0.497 e. The molecule has 0 bridgehead atoms. The number of alkyl halides is 1. The van der Waals surface area contributed by atoms with Crippen LogP contribution in [-0.4, -0.2) is 32.0 Å². The molecule has 5 nitrogen and oxygen atoms in total. The summed E-state index contributed by atoms with van der Waals surface area (Å²) in [7, 11) is 1.61. The highest BCUT2D eigenvalue weighted by molar-refractivity contribution is 6.18. The van der Waals surface area contributed by atoms with E-state index < -0.39 is 5.91 Å². The topological polar surface area (TPSA) is 74.1 Å². The Morgan fingerprint density at radius 3 is 2.67 bits per heavy atom. The van der Waals surface area contributed by atoms with Gasteiger partial charge in [-0.05, 0) is 24.1 Å². The fraction of sp³-hybridized carbons (Fsp3) is 0.333. The number of methoxy groups -OCH3 is 1. The fourth-order valence-electron chi connectivity index (χ4n) is 1.59. The second-order valence-electron chi connectivity index (χ2n) is 4.17. The number of nitrogens with zero attached hydrogens (tertiary/aromatic N) is 1. The average molecular weight is 308 g/mol. The van der Waals surface area contributed by atoms with Crippen molar-refractivity contribution >= 4 is 17.5 Å². The Labute approximate surface area is 129 Å². The number of rotatable bonds is 8. The van der Waals surface area contributed by atoms with E-state index in [1.54, 1.807) is 7.11 Å². The third kappa shape index (κ3) is 6.19. The highest BCUT2D eigenvalue weighted by atomic mass is 35.5. The smallest absolute Gasteiger partial charge is 0.263 e. The molecule has 1 aromatic carbocycles. The maximum atomic E-state index is 11.8. The molecule has 0 radical (unpaired) electrons. The van der Waals surface area contributed by atoms with Crippen molar-refractivity contribution in [3.8, 4) is 11.8 Å². The zero-order valence-corrected chi connectivity index (χ0v) is 12.6. The van der Waals surface area contributed by atoms with Crippen LogP contribution in [0.15, 0.2) is 36.0 Å². The minimum absolute atomic E-state index is 0.0369. The molecule has 0 saturated carbocycles. The molecule has 2 N–H and O–H groups in total. The molecule has 0 spiro atoms. The second kappa shape index (κ2) is 9.67.